The molecule has 2 rings (SSSR count). The van der Waals surface area contributed by atoms with Gasteiger partial charge in [0.05, 0.1) is 23.8 Å². The number of nitrogens with zero attached hydrogens (tertiary/aromatic N) is 2. The summed E-state index contributed by atoms with van der Waals surface area (Å²) in [6.07, 6.45) is 0. The summed E-state index contributed by atoms with van der Waals surface area (Å²) < 4.78 is 13.1. The van der Waals surface area contributed by atoms with Crippen molar-refractivity contribution >= 4 is 28.9 Å². The van der Waals surface area contributed by atoms with Crippen molar-refractivity contribution in [3.05, 3.63) is 45.7 Å². The Balaban J connectivity index is 1.80. The number of aliphatic imine (C=N–C) groups is 1. The van der Waals surface area contributed by atoms with E-state index >= 15 is 0 Å². The molecular formula is C16H20FN5OS. The molecule has 0 aliphatic rings. The van der Waals surface area contributed by atoms with Crippen molar-refractivity contribution < 1.29 is 9.18 Å². The van der Waals surface area contributed by atoms with Gasteiger partial charge in [-0.3, -0.25) is 9.79 Å². The largest absolute Gasteiger partial charge is 0.351 e. The van der Waals surface area contributed by atoms with Crippen LogP contribution in [0.25, 0.3) is 0 Å². The van der Waals surface area contributed by atoms with Gasteiger partial charge in [-0.2, -0.15) is 0 Å². The Morgan fingerprint density at radius 2 is 2.12 bits per heavy atom. The molecule has 0 saturated heterocycles. The number of carbonyl (C=O) groups excluding carboxylic acids is 1. The van der Waals surface area contributed by atoms with Gasteiger partial charge in [0, 0.05) is 17.6 Å². The Hall–Kier alpha value is -2.48. The molecule has 8 heteroatoms. The summed E-state index contributed by atoms with van der Waals surface area (Å²) in [7, 11) is 1.63. The molecule has 2 aromatic rings. The first-order valence-corrected chi connectivity index (χ1v) is 8.22. The normalized spacial score (nSPS) is 11.2. The van der Waals surface area contributed by atoms with Crippen LogP contribution in [0, 0.1) is 19.7 Å². The number of hydrogen-bond donors (Lipinski definition) is 3. The molecule has 1 amide bonds. The van der Waals surface area contributed by atoms with Crippen molar-refractivity contribution in [3.63, 3.8) is 0 Å². The van der Waals surface area contributed by atoms with Crippen LogP contribution in [0.1, 0.15) is 15.6 Å². The van der Waals surface area contributed by atoms with E-state index in [1.807, 2.05) is 13.8 Å². The third kappa shape index (κ3) is 5.31. The molecule has 0 aliphatic heterocycles. The SMILES string of the molecule is CN=C(NCC(=O)Nc1cccc(F)c1)NCc1sc(C)nc1C. The van der Waals surface area contributed by atoms with Crippen molar-refractivity contribution in [2.24, 2.45) is 4.99 Å². The van der Waals surface area contributed by atoms with Crippen LogP contribution >= 0.6 is 11.3 Å². The first-order chi connectivity index (χ1) is 11.5. The number of guanidine groups is 1. The van der Waals surface area contributed by atoms with Crippen molar-refractivity contribution in [2.45, 2.75) is 20.4 Å². The highest BCUT2D eigenvalue weighted by molar-refractivity contribution is 7.11. The van der Waals surface area contributed by atoms with Gasteiger partial charge in [-0.25, -0.2) is 9.37 Å². The molecule has 0 radical (unpaired) electrons. The van der Waals surface area contributed by atoms with Crippen LogP contribution in [0.3, 0.4) is 0 Å². The van der Waals surface area contributed by atoms with Crippen LogP contribution in [0.5, 0.6) is 0 Å². The summed E-state index contributed by atoms with van der Waals surface area (Å²) >= 11 is 1.62. The van der Waals surface area contributed by atoms with E-state index in [0.717, 1.165) is 15.6 Å². The number of hydrogen-bond acceptors (Lipinski definition) is 4. The third-order valence-corrected chi connectivity index (χ3v) is 4.24. The lowest BCUT2D eigenvalue weighted by molar-refractivity contribution is -0.115. The first kappa shape index (κ1) is 17.9. The van der Waals surface area contributed by atoms with E-state index in [1.165, 1.54) is 18.2 Å². The van der Waals surface area contributed by atoms with Crippen LogP contribution in [0.15, 0.2) is 29.3 Å². The van der Waals surface area contributed by atoms with Gasteiger partial charge >= 0.3 is 0 Å². The highest BCUT2D eigenvalue weighted by Gasteiger charge is 2.07. The fourth-order valence-corrected chi connectivity index (χ4v) is 2.93. The second-order valence-electron chi connectivity index (χ2n) is 5.08. The number of halogens is 1. The number of benzene rings is 1. The summed E-state index contributed by atoms with van der Waals surface area (Å²) in [5.41, 5.74) is 1.41. The molecule has 0 saturated carbocycles. The van der Waals surface area contributed by atoms with Gasteiger partial charge < -0.3 is 16.0 Å². The number of thiazole rings is 1. The van der Waals surface area contributed by atoms with Gasteiger partial charge in [-0.05, 0) is 32.0 Å². The molecule has 24 heavy (non-hydrogen) atoms. The molecule has 6 nitrogen and oxygen atoms in total. The summed E-state index contributed by atoms with van der Waals surface area (Å²) in [6, 6.07) is 5.75. The van der Waals surface area contributed by atoms with Crippen molar-refractivity contribution in [2.75, 3.05) is 18.9 Å². The average molecular weight is 349 g/mol. The highest BCUT2D eigenvalue weighted by Crippen LogP contribution is 2.16. The lowest BCUT2D eigenvalue weighted by Crippen LogP contribution is -2.41. The number of carbonyl (C=O) groups is 1. The number of nitrogens with one attached hydrogen (secondary N) is 3. The minimum absolute atomic E-state index is 0.0247. The van der Waals surface area contributed by atoms with Gasteiger partial charge in [0.15, 0.2) is 5.96 Å². The van der Waals surface area contributed by atoms with Gasteiger partial charge in [0.2, 0.25) is 5.91 Å². The quantitative estimate of drug-likeness (QED) is 0.571. The van der Waals surface area contributed by atoms with Crippen LogP contribution < -0.4 is 16.0 Å². The minimum Gasteiger partial charge on any atom is -0.351 e. The fraction of sp³-hybridized carbons (Fsp3) is 0.312. The molecule has 0 fully saturated rings. The molecule has 0 aliphatic carbocycles. The number of aryl methyl sites for hydroxylation is 2. The lowest BCUT2D eigenvalue weighted by Gasteiger charge is -2.11. The highest BCUT2D eigenvalue weighted by atomic mass is 32.1. The Labute approximate surface area is 144 Å². The fourth-order valence-electron chi connectivity index (χ4n) is 2.06. The Bertz CT molecular complexity index is 744. The lowest BCUT2D eigenvalue weighted by atomic mass is 10.3. The molecular weight excluding hydrogens is 329 g/mol. The van der Waals surface area contributed by atoms with E-state index in [1.54, 1.807) is 24.5 Å². The van der Waals surface area contributed by atoms with Crippen molar-refractivity contribution in [3.8, 4) is 0 Å². The molecule has 1 aromatic carbocycles. The third-order valence-electron chi connectivity index (χ3n) is 3.16. The molecule has 0 atom stereocenters. The van der Waals surface area contributed by atoms with Gasteiger partial charge in [0.1, 0.15) is 5.82 Å². The molecule has 1 heterocycles. The Kier molecular flexibility index (Phi) is 6.25. The van der Waals surface area contributed by atoms with E-state index in [9.17, 15) is 9.18 Å². The second-order valence-corrected chi connectivity index (χ2v) is 6.37. The molecule has 128 valence electrons. The molecule has 0 bridgehead atoms. The molecule has 3 N–H and O–H groups in total. The maximum Gasteiger partial charge on any atom is 0.243 e. The van der Waals surface area contributed by atoms with Crippen LogP contribution in [0.4, 0.5) is 10.1 Å². The monoisotopic (exact) mass is 349 g/mol. The topological polar surface area (TPSA) is 78.4 Å². The maximum absolute atomic E-state index is 13.1. The zero-order valence-electron chi connectivity index (χ0n) is 13.8. The zero-order chi connectivity index (χ0) is 17.5. The first-order valence-electron chi connectivity index (χ1n) is 7.40. The smallest absolute Gasteiger partial charge is 0.243 e. The predicted octanol–water partition coefficient (Wildman–Crippen LogP) is 2.20. The van der Waals surface area contributed by atoms with Crippen molar-refractivity contribution in [1.29, 1.82) is 0 Å². The molecule has 0 spiro atoms. The molecule has 0 unspecified atom stereocenters. The minimum atomic E-state index is -0.395. The second kappa shape index (κ2) is 8.39. The number of anilines is 1. The summed E-state index contributed by atoms with van der Waals surface area (Å²) in [5, 5.41) is 9.69. The van der Waals surface area contributed by atoms with E-state index in [0.29, 0.717) is 18.2 Å². The van der Waals surface area contributed by atoms with Crippen LogP contribution in [-0.2, 0) is 11.3 Å². The van der Waals surface area contributed by atoms with E-state index in [-0.39, 0.29) is 12.5 Å². The molecule has 1 aromatic heterocycles. The van der Waals surface area contributed by atoms with Crippen LogP contribution in [-0.4, -0.2) is 30.4 Å². The van der Waals surface area contributed by atoms with Gasteiger partial charge in [-0.15, -0.1) is 11.3 Å². The maximum atomic E-state index is 13.1. The standard InChI is InChI=1S/C16H20FN5OS/c1-10-14(24-11(2)21-10)8-19-16(18-3)20-9-15(23)22-13-6-4-5-12(17)7-13/h4-7H,8-9H2,1-3H3,(H,22,23)(H2,18,19,20). The van der Waals surface area contributed by atoms with E-state index in [2.05, 4.69) is 25.9 Å². The van der Waals surface area contributed by atoms with E-state index < -0.39 is 5.82 Å². The Morgan fingerprint density at radius 1 is 1.33 bits per heavy atom. The summed E-state index contributed by atoms with van der Waals surface area (Å²) in [4.78, 5) is 21.5. The number of rotatable bonds is 5. The number of aromatic nitrogens is 1. The Morgan fingerprint density at radius 3 is 2.75 bits per heavy atom. The van der Waals surface area contributed by atoms with Crippen molar-refractivity contribution in [1.82, 2.24) is 15.6 Å². The number of amides is 1. The van der Waals surface area contributed by atoms with Crippen LogP contribution in [0.2, 0.25) is 0 Å². The zero-order valence-corrected chi connectivity index (χ0v) is 14.6. The summed E-state index contributed by atoms with van der Waals surface area (Å²) in [6.45, 7) is 4.54. The van der Waals surface area contributed by atoms with E-state index in [4.69, 9.17) is 0 Å². The van der Waals surface area contributed by atoms with Gasteiger partial charge in [-0.1, -0.05) is 6.07 Å². The average Bonchev–Trinajstić information content (AvgIpc) is 2.85. The van der Waals surface area contributed by atoms with Gasteiger partial charge in [0.25, 0.3) is 0 Å². The summed E-state index contributed by atoms with van der Waals surface area (Å²) in [5.74, 6) is -0.170. The predicted molar refractivity (Wildman–Crippen MR) is 94.8 cm³/mol.